The van der Waals surface area contributed by atoms with Gasteiger partial charge in [0.2, 0.25) is 0 Å². The zero-order valence-corrected chi connectivity index (χ0v) is 12.5. The molecule has 1 aliphatic heterocycles. The second-order valence-corrected chi connectivity index (χ2v) is 8.05. The maximum Gasteiger partial charge on any atom is 0.0334 e. The van der Waals surface area contributed by atoms with Gasteiger partial charge in [-0.1, -0.05) is 19.3 Å². The van der Waals surface area contributed by atoms with Gasteiger partial charge in [0.25, 0.3) is 0 Å². The van der Waals surface area contributed by atoms with E-state index >= 15 is 0 Å². The van der Waals surface area contributed by atoms with Gasteiger partial charge < -0.3 is 5.32 Å². The third kappa shape index (κ3) is 2.15. The van der Waals surface area contributed by atoms with Crippen LogP contribution >= 0.6 is 0 Å². The van der Waals surface area contributed by atoms with Crippen LogP contribution in [0.1, 0.15) is 58.3 Å². The Kier molecular flexibility index (Phi) is 3.15. The monoisotopic (exact) mass is 262 g/mol. The van der Waals surface area contributed by atoms with Gasteiger partial charge in [0.1, 0.15) is 0 Å². The molecule has 0 aromatic carbocycles. The van der Waals surface area contributed by atoms with Gasteiger partial charge in [-0.15, -0.1) is 0 Å². The first-order chi connectivity index (χ1) is 9.25. The summed E-state index contributed by atoms with van der Waals surface area (Å²) in [5.41, 5.74) is 0.550. The Morgan fingerprint density at radius 2 is 2.00 bits per heavy atom. The third-order valence-electron chi connectivity index (χ3n) is 6.82. The first kappa shape index (κ1) is 12.6. The predicted octanol–water partition coefficient (Wildman–Crippen LogP) is 3.03. The van der Waals surface area contributed by atoms with E-state index < -0.39 is 0 Å². The van der Waals surface area contributed by atoms with Crippen molar-refractivity contribution >= 4 is 0 Å². The highest BCUT2D eigenvalue weighted by Crippen LogP contribution is 2.49. The van der Waals surface area contributed by atoms with E-state index in [9.17, 15) is 0 Å². The number of nitrogens with zero attached hydrogens (tertiary/aromatic N) is 1. The van der Waals surface area contributed by atoms with Crippen LogP contribution in [0.25, 0.3) is 0 Å². The zero-order valence-electron chi connectivity index (χ0n) is 12.5. The largest absolute Gasteiger partial charge is 0.311 e. The number of piperazine rings is 1. The molecule has 108 valence electrons. The van der Waals surface area contributed by atoms with Gasteiger partial charge in [0.15, 0.2) is 0 Å². The highest BCUT2D eigenvalue weighted by atomic mass is 15.3. The number of rotatable bonds is 2. The molecule has 2 nitrogen and oxygen atoms in total. The van der Waals surface area contributed by atoms with Crippen LogP contribution in [0.4, 0.5) is 0 Å². The number of hydrogen-bond acceptors (Lipinski definition) is 2. The van der Waals surface area contributed by atoms with Crippen LogP contribution in [0.3, 0.4) is 0 Å². The standard InChI is InChI=1S/C17H30N2/c1-13-10-19(17(12-18-13)6-2-3-7-17)11-16-9-14-4-5-15(16)8-14/h13-16,18H,2-12H2,1H3. The van der Waals surface area contributed by atoms with E-state index in [2.05, 4.69) is 17.1 Å². The van der Waals surface area contributed by atoms with Crippen LogP contribution in [0.15, 0.2) is 0 Å². The fourth-order valence-corrected chi connectivity index (χ4v) is 5.74. The molecule has 3 aliphatic carbocycles. The van der Waals surface area contributed by atoms with Crippen molar-refractivity contribution < 1.29 is 0 Å². The summed E-state index contributed by atoms with van der Waals surface area (Å²) in [6.45, 7) is 6.35. The summed E-state index contributed by atoms with van der Waals surface area (Å²) in [6.07, 6.45) is 12.0. The molecule has 0 aromatic heterocycles. The van der Waals surface area contributed by atoms with E-state index in [-0.39, 0.29) is 0 Å². The summed E-state index contributed by atoms with van der Waals surface area (Å²) >= 11 is 0. The van der Waals surface area contributed by atoms with Crippen molar-refractivity contribution in [3.63, 3.8) is 0 Å². The Labute approximate surface area is 118 Å². The second-order valence-electron chi connectivity index (χ2n) is 8.05. The van der Waals surface area contributed by atoms with Crippen LogP contribution in [-0.4, -0.2) is 36.1 Å². The van der Waals surface area contributed by atoms with Crippen molar-refractivity contribution in [2.24, 2.45) is 17.8 Å². The molecule has 1 N–H and O–H groups in total. The normalized spacial score (nSPS) is 45.3. The topological polar surface area (TPSA) is 15.3 Å². The average Bonchev–Trinajstić information content (AvgIpc) is 3.11. The lowest BCUT2D eigenvalue weighted by molar-refractivity contribution is 0.0244. The predicted molar refractivity (Wildman–Crippen MR) is 79.2 cm³/mol. The summed E-state index contributed by atoms with van der Waals surface area (Å²) in [7, 11) is 0. The lowest BCUT2D eigenvalue weighted by Gasteiger charge is -2.49. The fraction of sp³-hybridized carbons (Fsp3) is 1.00. The van der Waals surface area contributed by atoms with Crippen molar-refractivity contribution in [3.05, 3.63) is 0 Å². The van der Waals surface area contributed by atoms with E-state index in [0.717, 1.165) is 17.8 Å². The van der Waals surface area contributed by atoms with E-state index in [1.165, 1.54) is 45.3 Å². The smallest absolute Gasteiger partial charge is 0.0334 e. The van der Waals surface area contributed by atoms with Crippen molar-refractivity contribution in [2.45, 2.75) is 69.9 Å². The molecule has 0 aromatic rings. The molecule has 2 heteroatoms. The molecule has 2 bridgehead atoms. The van der Waals surface area contributed by atoms with Gasteiger partial charge >= 0.3 is 0 Å². The van der Waals surface area contributed by atoms with E-state index in [1.807, 2.05) is 0 Å². The van der Waals surface area contributed by atoms with Crippen molar-refractivity contribution in [2.75, 3.05) is 19.6 Å². The molecular weight excluding hydrogens is 232 g/mol. The SMILES string of the molecule is CC1CN(CC2CC3CCC2C3)C2(CCCC2)CN1. The molecule has 0 amide bonds. The molecule has 1 heterocycles. The first-order valence-electron chi connectivity index (χ1n) is 8.74. The van der Waals surface area contributed by atoms with E-state index in [0.29, 0.717) is 11.6 Å². The first-order valence-corrected chi connectivity index (χ1v) is 8.74. The van der Waals surface area contributed by atoms with Gasteiger partial charge in [-0.25, -0.2) is 0 Å². The Bertz CT molecular complexity index is 334. The van der Waals surface area contributed by atoms with E-state index in [1.54, 1.807) is 25.7 Å². The van der Waals surface area contributed by atoms with Crippen LogP contribution in [0, 0.1) is 17.8 Å². The van der Waals surface area contributed by atoms with Gasteiger partial charge in [-0.3, -0.25) is 4.90 Å². The third-order valence-corrected chi connectivity index (χ3v) is 6.82. The Balaban J connectivity index is 1.47. The zero-order chi connectivity index (χ0) is 12.9. The van der Waals surface area contributed by atoms with Crippen LogP contribution < -0.4 is 5.32 Å². The fourth-order valence-electron chi connectivity index (χ4n) is 5.74. The number of hydrogen-bond donors (Lipinski definition) is 1. The molecule has 4 rings (SSSR count). The average molecular weight is 262 g/mol. The Morgan fingerprint density at radius 1 is 1.16 bits per heavy atom. The molecule has 4 aliphatic rings. The number of fused-ring (bicyclic) bond motifs is 2. The molecule has 1 saturated heterocycles. The van der Waals surface area contributed by atoms with Crippen LogP contribution in [-0.2, 0) is 0 Å². The Hall–Kier alpha value is -0.0800. The molecule has 4 atom stereocenters. The quantitative estimate of drug-likeness (QED) is 0.823. The molecule has 19 heavy (non-hydrogen) atoms. The lowest BCUT2D eigenvalue weighted by atomic mass is 9.85. The molecular formula is C17H30N2. The van der Waals surface area contributed by atoms with Gasteiger partial charge in [0, 0.05) is 31.2 Å². The molecule has 1 spiro atoms. The molecule has 3 saturated carbocycles. The summed E-state index contributed by atoms with van der Waals surface area (Å²) in [5.74, 6) is 3.24. The van der Waals surface area contributed by atoms with Gasteiger partial charge in [-0.2, -0.15) is 0 Å². The van der Waals surface area contributed by atoms with Gasteiger partial charge in [0.05, 0.1) is 0 Å². The highest BCUT2D eigenvalue weighted by Gasteiger charge is 2.46. The minimum absolute atomic E-state index is 0.550. The minimum Gasteiger partial charge on any atom is -0.311 e. The highest BCUT2D eigenvalue weighted by molar-refractivity contribution is 5.03. The minimum atomic E-state index is 0.550. The summed E-state index contributed by atoms with van der Waals surface area (Å²) in [6, 6.07) is 0.699. The van der Waals surface area contributed by atoms with Crippen molar-refractivity contribution in [1.29, 1.82) is 0 Å². The Morgan fingerprint density at radius 3 is 2.68 bits per heavy atom. The second kappa shape index (κ2) is 4.73. The molecule has 4 fully saturated rings. The molecule has 0 radical (unpaired) electrons. The maximum atomic E-state index is 3.76. The summed E-state index contributed by atoms with van der Waals surface area (Å²) in [5, 5.41) is 3.76. The van der Waals surface area contributed by atoms with Gasteiger partial charge in [-0.05, 0) is 56.8 Å². The maximum absolute atomic E-state index is 3.76. The van der Waals surface area contributed by atoms with Crippen molar-refractivity contribution in [1.82, 2.24) is 10.2 Å². The van der Waals surface area contributed by atoms with E-state index in [4.69, 9.17) is 0 Å². The summed E-state index contributed by atoms with van der Waals surface area (Å²) in [4.78, 5) is 2.94. The number of nitrogens with one attached hydrogen (secondary N) is 1. The molecule has 4 unspecified atom stereocenters. The van der Waals surface area contributed by atoms with Crippen LogP contribution in [0.5, 0.6) is 0 Å². The summed E-state index contributed by atoms with van der Waals surface area (Å²) < 4.78 is 0. The van der Waals surface area contributed by atoms with Crippen molar-refractivity contribution in [3.8, 4) is 0 Å². The lowest BCUT2D eigenvalue weighted by Crippen LogP contribution is -2.63. The van der Waals surface area contributed by atoms with Crippen LogP contribution in [0.2, 0.25) is 0 Å².